The van der Waals surface area contributed by atoms with Crippen molar-refractivity contribution in [2.75, 3.05) is 24.5 Å². The number of hydrogen-bond donors (Lipinski definition) is 2. The first-order valence-electron chi connectivity index (χ1n) is 19.2. The number of carbonyl (C=O) groups excluding carboxylic acids is 5. The second-order valence-electron chi connectivity index (χ2n) is 17.0. The normalized spacial score (nSPS) is 24.2. The number of halogens is 1. The van der Waals surface area contributed by atoms with Gasteiger partial charge in [-0.25, -0.2) is 4.85 Å². The van der Waals surface area contributed by atoms with E-state index in [1.165, 1.54) is 0 Å². The van der Waals surface area contributed by atoms with Crippen LogP contribution in [0.3, 0.4) is 0 Å². The lowest BCUT2D eigenvalue weighted by Crippen LogP contribution is -2.74. The minimum Gasteiger partial charge on any atom is -0.489 e. The van der Waals surface area contributed by atoms with Gasteiger partial charge in [0.15, 0.2) is 0 Å². The number of nitrogens with one attached hydrogen (secondary N) is 2. The number of amides is 5. The Labute approximate surface area is 331 Å². The summed E-state index contributed by atoms with van der Waals surface area (Å²) in [5.41, 5.74) is 4.09. The quantitative estimate of drug-likeness (QED) is 0.206. The summed E-state index contributed by atoms with van der Waals surface area (Å²) >= 11 is 6.25. The smallest absolute Gasteiger partial charge is 0.262 e. The number of fused-ring (bicyclic) bond motifs is 2. The molecule has 8 rings (SSSR count). The largest absolute Gasteiger partial charge is 0.489 e. The highest BCUT2D eigenvalue weighted by Crippen LogP contribution is 2.55. The molecule has 4 aliphatic heterocycles. The van der Waals surface area contributed by atoms with Crippen molar-refractivity contribution in [1.29, 1.82) is 0 Å². The van der Waals surface area contributed by atoms with Crippen molar-refractivity contribution in [2.45, 2.75) is 84.7 Å². The zero-order valence-corrected chi connectivity index (χ0v) is 32.7. The summed E-state index contributed by atoms with van der Waals surface area (Å²) in [6.07, 6.45) is 2.10. The number of benzene rings is 3. The number of piperidine rings is 2. The molecule has 3 aromatic carbocycles. The van der Waals surface area contributed by atoms with Crippen molar-refractivity contribution in [3.8, 4) is 5.75 Å². The van der Waals surface area contributed by atoms with Gasteiger partial charge in [0, 0.05) is 67.3 Å². The second-order valence-corrected chi connectivity index (χ2v) is 17.4. The molecule has 4 heterocycles. The van der Waals surface area contributed by atoms with Gasteiger partial charge in [-0.1, -0.05) is 45.4 Å². The van der Waals surface area contributed by atoms with Crippen LogP contribution in [0.15, 0.2) is 54.6 Å². The predicted octanol–water partition coefficient (Wildman–Crippen LogP) is 6.14. The van der Waals surface area contributed by atoms with Gasteiger partial charge in [0.05, 0.1) is 22.7 Å². The van der Waals surface area contributed by atoms with Gasteiger partial charge in [-0.05, 0) is 84.8 Å². The molecule has 2 saturated heterocycles. The molecule has 290 valence electrons. The average molecular weight is 777 g/mol. The third kappa shape index (κ3) is 6.50. The molecule has 5 amide bonds. The van der Waals surface area contributed by atoms with E-state index < -0.39 is 29.7 Å². The highest BCUT2D eigenvalue weighted by molar-refractivity contribution is 6.33. The van der Waals surface area contributed by atoms with Crippen LogP contribution in [0, 0.1) is 23.3 Å². The Balaban J connectivity index is 0.822. The molecule has 0 bridgehead atoms. The summed E-state index contributed by atoms with van der Waals surface area (Å²) in [4.78, 5) is 73.4. The lowest BCUT2D eigenvalue weighted by molar-refractivity contribution is -0.164. The standard InChI is InChI=1S/C43H45ClN6O6/c1-42(2)40(43(3,4)41(42)56-29-10-11-33(45-5)32(44)20-29)47-36(52)25-6-8-28(9-7-25)49-16-14-24(15-17-49)21-48-22-26-18-30-31(19-27(26)23-48)39(55)50(38(30)54)34-12-13-35(51)46-37(34)53/h6-11,18-20,24,34,40-41H,12-17,21-23H2,1-4H3,(H,47,52)(H,46,51,53). The number of anilines is 1. The molecule has 5 aliphatic rings. The van der Waals surface area contributed by atoms with E-state index in [-0.39, 0.29) is 41.7 Å². The summed E-state index contributed by atoms with van der Waals surface area (Å²) in [6, 6.07) is 15.5. The van der Waals surface area contributed by atoms with Crippen LogP contribution < -0.4 is 20.3 Å². The maximum atomic E-state index is 13.5. The van der Waals surface area contributed by atoms with E-state index in [0.29, 0.717) is 52.2 Å². The Hall–Kier alpha value is -5.25. The molecule has 1 aliphatic carbocycles. The van der Waals surface area contributed by atoms with Gasteiger partial charge in [0.2, 0.25) is 17.5 Å². The monoisotopic (exact) mass is 776 g/mol. The van der Waals surface area contributed by atoms with Gasteiger partial charge in [0.25, 0.3) is 17.7 Å². The van der Waals surface area contributed by atoms with Gasteiger partial charge < -0.3 is 15.0 Å². The summed E-state index contributed by atoms with van der Waals surface area (Å²) in [5, 5.41) is 5.88. The van der Waals surface area contributed by atoms with Gasteiger partial charge >= 0.3 is 0 Å². The Bertz CT molecular complexity index is 2140. The second kappa shape index (κ2) is 14.0. The van der Waals surface area contributed by atoms with Crippen LogP contribution in [-0.4, -0.2) is 77.2 Å². The predicted molar refractivity (Wildman–Crippen MR) is 210 cm³/mol. The Morgan fingerprint density at radius 1 is 0.911 bits per heavy atom. The molecule has 1 unspecified atom stereocenters. The summed E-state index contributed by atoms with van der Waals surface area (Å²) in [7, 11) is 0. The number of rotatable bonds is 8. The fourth-order valence-corrected chi connectivity index (χ4v) is 10.1. The van der Waals surface area contributed by atoms with Crippen LogP contribution in [0.4, 0.5) is 11.4 Å². The third-order valence-electron chi connectivity index (χ3n) is 12.6. The highest BCUT2D eigenvalue weighted by atomic mass is 35.5. The number of hydrogen-bond acceptors (Lipinski definition) is 8. The van der Waals surface area contributed by atoms with Crippen molar-refractivity contribution < 1.29 is 28.7 Å². The third-order valence-corrected chi connectivity index (χ3v) is 12.9. The lowest BCUT2D eigenvalue weighted by atomic mass is 9.49. The topological polar surface area (TPSA) is 133 Å². The molecule has 1 saturated carbocycles. The van der Waals surface area contributed by atoms with Crippen LogP contribution in [-0.2, 0) is 22.7 Å². The van der Waals surface area contributed by atoms with E-state index in [9.17, 15) is 24.0 Å². The number of nitrogens with zero attached hydrogens (tertiary/aromatic N) is 4. The minimum atomic E-state index is -0.966. The van der Waals surface area contributed by atoms with E-state index >= 15 is 0 Å². The van der Waals surface area contributed by atoms with Crippen molar-refractivity contribution in [3.63, 3.8) is 0 Å². The fourth-order valence-electron chi connectivity index (χ4n) is 9.93. The number of imide groups is 2. The molecule has 12 nitrogen and oxygen atoms in total. The zero-order chi connectivity index (χ0) is 39.7. The van der Waals surface area contributed by atoms with Crippen LogP contribution in [0.5, 0.6) is 5.75 Å². The summed E-state index contributed by atoms with van der Waals surface area (Å²) in [6.45, 7) is 19.7. The molecule has 13 heteroatoms. The number of ether oxygens (including phenoxy) is 1. The maximum absolute atomic E-state index is 13.5. The first kappa shape index (κ1) is 37.7. The molecule has 56 heavy (non-hydrogen) atoms. The van der Waals surface area contributed by atoms with E-state index in [1.54, 1.807) is 18.2 Å². The summed E-state index contributed by atoms with van der Waals surface area (Å²) in [5.74, 6) is -0.960. The Morgan fingerprint density at radius 3 is 2.11 bits per heavy atom. The van der Waals surface area contributed by atoms with Gasteiger partial charge in [-0.2, -0.15) is 0 Å². The molecule has 0 spiro atoms. The zero-order valence-electron chi connectivity index (χ0n) is 32.0. The molecule has 3 aromatic rings. The van der Waals surface area contributed by atoms with E-state index in [0.717, 1.165) is 54.2 Å². The van der Waals surface area contributed by atoms with Gasteiger partial charge in [-0.15, -0.1) is 0 Å². The molecule has 0 aromatic heterocycles. The minimum absolute atomic E-state index is 0.0941. The Kier molecular flexibility index (Phi) is 9.45. The Morgan fingerprint density at radius 2 is 1.54 bits per heavy atom. The van der Waals surface area contributed by atoms with Gasteiger partial charge in [0.1, 0.15) is 17.9 Å². The molecular weight excluding hydrogens is 732 g/mol. The molecule has 0 radical (unpaired) electrons. The first-order chi connectivity index (χ1) is 26.6. The summed E-state index contributed by atoms with van der Waals surface area (Å²) < 4.78 is 6.38. The van der Waals surface area contributed by atoms with Crippen molar-refractivity contribution in [1.82, 2.24) is 20.4 Å². The van der Waals surface area contributed by atoms with E-state index in [2.05, 4.69) is 53.0 Å². The van der Waals surface area contributed by atoms with Crippen LogP contribution in [0.1, 0.15) is 95.6 Å². The first-order valence-corrected chi connectivity index (χ1v) is 19.6. The van der Waals surface area contributed by atoms with E-state index in [1.807, 2.05) is 36.4 Å². The fraction of sp³-hybridized carbons (Fsp3) is 0.442. The molecular formula is C43H45ClN6O6. The van der Waals surface area contributed by atoms with E-state index in [4.69, 9.17) is 22.9 Å². The molecule has 3 fully saturated rings. The average Bonchev–Trinajstić information content (AvgIpc) is 3.67. The van der Waals surface area contributed by atoms with Crippen LogP contribution in [0.2, 0.25) is 5.02 Å². The van der Waals surface area contributed by atoms with Crippen molar-refractivity contribution >= 4 is 52.5 Å². The molecule has 1 atom stereocenters. The lowest BCUT2D eigenvalue weighted by Gasteiger charge is -2.63. The van der Waals surface area contributed by atoms with Crippen LogP contribution >= 0.6 is 11.6 Å². The van der Waals surface area contributed by atoms with Crippen molar-refractivity contribution in [3.05, 3.63) is 98.9 Å². The molecule has 2 N–H and O–H groups in total. The van der Waals surface area contributed by atoms with Gasteiger partial charge in [-0.3, -0.25) is 39.1 Å². The van der Waals surface area contributed by atoms with Crippen molar-refractivity contribution in [2.24, 2.45) is 16.7 Å². The maximum Gasteiger partial charge on any atom is 0.262 e. The SMILES string of the molecule is [C-]#[N+]c1ccc(OC2C(C)(C)C(NC(=O)c3ccc(N4CCC(CN5Cc6cc7c(cc6C5)C(=O)N(C5CCC(=O)NC5=O)C7=O)CC4)cc3)C2(C)C)cc1Cl. The number of carbonyl (C=O) groups is 5. The van der Waals surface area contributed by atoms with Crippen LogP contribution in [0.25, 0.3) is 4.85 Å². The highest BCUT2D eigenvalue weighted by Gasteiger charge is 2.64.